The van der Waals surface area contributed by atoms with Gasteiger partial charge in [-0.25, -0.2) is 13.6 Å². The zero-order valence-electron chi connectivity index (χ0n) is 39.3. The van der Waals surface area contributed by atoms with Crippen LogP contribution in [0, 0.1) is 11.6 Å². The molecule has 14 nitrogen and oxygen atoms in total. The highest BCUT2D eigenvalue weighted by molar-refractivity contribution is 5.85. The number of aromatic nitrogens is 4. The number of benzene rings is 4. The molecule has 68 heavy (non-hydrogen) atoms. The molecule has 0 bridgehead atoms. The highest BCUT2D eigenvalue weighted by Crippen LogP contribution is 2.25. The summed E-state index contributed by atoms with van der Waals surface area (Å²) in [7, 11) is 0. The Balaban J connectivity index is 0.000000199. The van der Waals surface area contributed by atoms with Gasteiger partial charge in [0, 0.05) is 36.1 Å². The molecule has 0 radical (unpaired) electrons. The Morgan fingerprint density at radius 1 is 0.691 bits per heavy atom. The number of nitrogens with one attached hydrogen (secondary N) is 3. The van der Waals surface area contributed by atoms with E-state index in [-0.39, 0.29) is 66.6 Å². The van der Waals surface area contributed by atoms with Gasteiger partial charge in [0.15, 0.2) is 0 Å². The van der Waals surface area contributed by atoms with Crippen LogP contribution in [0.1, 0.15) is 108 Å². The van der Waals surface area contributed by atoms with Gasteiger partial charge in [0.25, 0.3) is 0 Å². The fourth-order valence-electron chi connectivity index (χ4n) is 7.27. The lowest BCUT2D eigenvalue weighted by Gasteiger charge is -2.23. The summed E-state index contributed by atoms with van der Waals surface area (Å²) in [5.41, 5.74) is 8.09. The molecule has 2 fully saturated rings. The van der Waals surface area contributed by atoms with E-state index >= 15 is 0 Å². The number of ether oxygens (including phenoxy) is 1. The number of carbonyl (C=O) groups excluding carboxylic acids is 3. The maximum Gasteiger partial charge on any atom is 0.407 e. The third-order valence-corrected chi connectivity index (χ3v) is 10.3. The average molecular weight is 958 g/mol. The first kappa shape index (κ1) is 54.4. The Labute approximate surface area is 403 Å². The summed E-state index contributed by atoms with van der Waals surface area (Å²) in [6.45, 7) is 10.3. The first-order valence-electron chi connectivity index (χ1n) is 22.6. The molecule has 2 aliphatic rings. The molecule has 364 valence electrons. The summed E-state index contributed by atoms with van der Waals surface area (Å²) in [6.07, 6.45) is 4.98. The largest absolute Gasteiger partial charge is 0.444 e. The topological polar surface area (TPSA) is 200 Å². The molecule has 8 rings (SSSR count). The molecule has 2 saturated heterocycles. The van der Waals surface area contributed by atoms with E-state index in [1.54, 1.807) is 57.2 Å². The minimum atomic E-state index is -0.622. The van der Waals surface area contributed by atoms with Gasteiger partial charge in [-0.15, -0.1) is 12.4 Å². The lowest BCUT2D eigenvalue weighted by Crippen LogP contribution is -2.41. The van der Waals surface area contributed by atoms with Gasteiger partial charge in [0.05, 0.1) is 12.1 Å². The molecule has 0 spiro atoms. The summed E-state index contributed by atoms with van der Waals surface area (Å²) in [4.78, 5) is 42.7. The smallest absolute Gasteiger partial charge is 0.407 e. The summed E-state index contributed by atoms with van der Waals surface area (Å²) in [6, 6.07) is 32.3. The number of rotatable bonds is 13. The SMILES string of the molecule is CC(=O)C[C@@H](Cc1ccccc1F)NC(=O)OC(C)(C)C.CC(=O)C[C@H](N)Cc1ccccc1F.Cl.c1ccc(-c2noc([C@@H]3CCCN3)n2)cc1.c1ccc(-c2noc([C@@H]3CCCN3)n2)cc1. The molecule has 0 unspecified atom stereocenters. The maximum absolute atomic E-state index is 13.7. The fraction of sp³-hybridized carbons (Fsp3) is 0.392. The molecule has 4 atom stereocenters. The van der Waals surface area contributed by atoms with E-state index in [2.05, 4.69) is 36.2 Å². The summed E-state index contributed by atoms with van der Waals surface area (Å²) in [5.74, 6) is 2.10. The van der Waals surface area contributed by atoms with E-state index in [0.717, 1.165) is 37.1 Å². The van der Waals surface area contributed by atoms with Gasteiger partial charge in [0.1, 0.15) is 28.8 Å². The van der Waals surface area contributed by atoms with E-state index in [4.69, 9.17) is 19.5 Å². The van der Waals surface area contributed by atoms with Crippen LogP contribution in [0.2, 0.25) is 0 Å². The van der Waals surface area contributed by atoms with E-state index < -0.39 is 17.7 Å². The number of halogens is 3. The van der Waals surface area contributed by atoms with Crippen molar-refractivity contribution in [2.45, 2.75) is 116 Å². The first-order valence-corrected chi connectivity index (χ1v) is 22.6. The van der Waals surface area contributed by atoms with Crippen LogP contribution in [-0.4, -0.2) is 68.7 Å². The normalized spacial score (nSPS) is 15.9. The monoisotopic (exact) mass is 956 g/mol. The second-order valence-corrected chi connectivity index (χ2v) is 17.4. The quantitative estimate of drug-likeness (QED) is 0.0854. The predicted molar refractivity (Wildman–Crippen MR) is 259 cm³/mol. The van der Waals surface area contributed by atoms with Crippen molar-refractivity contribution in [2.24, 2.45) is 5.73 Å². The summed E-state index contributed by atoms with van der Waals surface area (Å²) in [5, 5.41) is 17.3. The van der Waals surface area contributed by atoms with Gasteiger partial charge < -0.3 is 35.5 Å². The van der Waals surface area contributed by atoms with Gasteiger partial charge in [0.2, 0.25) is 23.4 Å². The highest BCUT2D eigenvalue weighted by Gasteiger charge is 2.24. The van der Waals surface area contributed by atoms with Crippen LogP contribution in [0.4, 0.5) is 13.6 Å². The summed E-state index contributed by atoms with van der Waals surface area (Å²) >= 11 is 0. The lowest BCUT2D eigenvalue weighted by atomic mass is 10.0. The molecule has 0 aliphatic carbocycles. The molecule has 2 aliphatic heterocycles. The molecular weight excluding hydrogens is 894 g/mol. The van der Waals surface area contributed by atoms with Crippen molar-refractivity contribution < 1.29 is 36.9 Å². The Bertz CT molecular complexity index is 2350. The van der Waals surface area contributed by atoms with Crippen LogP contribution in [0.3, 0.4) is 0 Å². The molecule has 4 heterocycles. The second kappa shape index (κ2) is 27.6. The van der Waals surface area contributed by atoms with Crippen molar-refractivity contribution >= 4 is 30.1 Å². The number of hydrogen-bond donors (Lipinski definition) is 4. The van der Waals surface area contributed by atoms with E-state index in [9.17, 15) is 23.2 Å². The Morgan fingerprint density at radius 3 is 1.51 bits per heavy atom. The molecule has 17 heteroatoms. The van der Waals surface area contributed by atoms with E-state index in [1.165, 1.54) is 38.8 Å². The number of carbonyl (C=O) groups is 3. The molecule has 2 aromatic heterocycles. The first-order chi connectivity index (χ1) is 32.1. The highest BCUT2D eigenvalue weighted by atomic mass is 35.5. The molecular formula is C51H63ClF2N8O6. The van der Waals surface area contributed by atoms with Crippen molar-refractivity contribution in [3.63, 3.8) is 0 Å². The number of nitrogens with two attached hydrogens (primary N) is 1. The number of amides is 1. The molecule has 0 saturated carbocycles. The van der Waals surface area contributed by atoms with Gasteiger partial charge in [-0.3, -0.25) is 9.59 Å². The van der Waals surface area contributed by atoms with Crippen molar-refractivity contribution in [3.05, 3.63) is 144 Å². The molecule has 4 aromatic carbocycles. The number of ketones is 2. The van der Waals surface area contributed by atoms with Crippen LogP contribution in [0.25, 0.3) is 22.8 Å². The Hall–Kier alpha value is -6.20. The minimum Gasteiger partial charge on any atom is -0.444 e. The van der Waals surface area contributed by atoms with Gasteiger partial charge in [-0.05, 0) is 109 Å². The van der Waals surface area contributed by atoms with Crippen LogP contribution in [0.15, 0.2) is 118 Å². The fourth-order valence-corrected chi connectivity index (χ4v) is 7.27. The Morgan fingerprint density at radius 2 is 1.12 bits per heavy atom. The number of hydrogen-bond acceptors (Lipinski definition) is 13. The summed E-state index contributed by atoms with van der Waals surface area (Å²) < 4.78 is 42.5. The van der Waals surface area contributed by atoms with Crippen molar-refractivity contribution in [1.29, 1.82) is 0 Å². The van der Waals surface area contributed by atoms with Crippen LogP contribution in [-0.2, 0) is 27.2 Å². The molecule has 6 aromatic rings. The van der Waals surface area contributed by atoms with Crippen LogP contribution < -0.4 is 21.7 Å². The second-order valence-electron chi connectivity index (χ2n) is 17.4. The lowest BCUT2D eigenvalue weighted by molar-refractivity contribution is -0.118. The van der Waals surface area contributed by atoms with Crippen molar-refractivity contribution in [2.75, 3.05) is 13.1 Å². The zero-order chi connectivity index (χ0) is 48.2. The zero-order valence-corrected chi connectivity index (χ0v) is 40.1. The minimum absolute atomic E-state index is 0. The van der Waals surface area contributed by atoms with Gasteiger partial charge in [-0.1, -0.05) is 107 Å². The van der Waals surface area contributed by atoms with Crippen molar-refractivity contribution in [3.8, 4) is 22.8 Å². The number of Topliss-reactive ketones (excluding diaryl/α,β-unsaturated/α-hetero) is 2. The third-order valence-electron chi connectivity index (χ3n) is 10.3. The average Bonchev–Trinajstić information content (AvgIpc) is 4.14. The van der Waals surface area contributed by atoms with E-state index in [1.807, 2.05) is 60.7 Å². The van der Waals surface area contributed by atoms with Gasteiger partial charge in [-0.2, -0.15) is 9.97 Å². The number of alkyl carbamates (subject to hydrolysis) is 1. The van der Waals surface area contributed by atoms with Crippen molar-refractivity contribution in [1.82, 2.24) is 36.2 Å². The van der Waals surface area contributed by atoms with E-state index in [0.29, 0.717) is 47.4 Å². The maximum atomic E-state index is 13.7. The number of nitrogens with zero attached hydrogens (tertiary/aromatic N) is 4. The molecule has 5 N–H and O–H groups in total. The van der Waals surface area contributed by atoms with Crippen LogP contribution >= 0.6 is 12.4 Å². The molecule has 1 amide bonds. The standard InChI is InChI=1S/C16H22FNO3.2C12H13N3O.C11H14FNO.ClH/c1-11(19)9-13(18-15(20)21-16(2,3)4)10-12-7-5-6-8-14(12)17;2*1-2-5-9(6-3-1)11-14-12(16-15-11)10-7-4-8-13-10;1-8(14)6-10(13)7-9-4-2-3-5-11(9)12;/h5-8,13H,9-10H2,1-4H3,(H,18,20);2*1-3,5-6,10,13H,4,7-8H2;2-5,10H,6-7,13H2,1H3;1H/t13-;3*10-;/m0000./s1. The third kappa shape index (κ3) is 18.8. The van der Waals surface area contributed by atoms with Crippen LogP contribution in [0.5, 0.6) is 0 Å². The Kier molecular flexibility index (Phi) is 22.1. The van der Waals surface area contributed by atoms with Gasteiger partial charge >= 0.3 is 6.09 Å². The predicted octanol–water partition coefficient (Wildman–Crippen LogP) is 9.66.